The summed E-state index contributed by atoms with van der Waals surface area (Å²) < 4.78 is 0. The van der Waals surface area contributed by atoms with Crippen LogP contribution in [-0.2, 0) is 5.60 Å². The van der Waals surface area contributed by atoms with Crippen molar-refractivity contribution in [1.29, 1.82) is 0 Å². The lowest BCUT2D eigenvalue weighted by Crippen LogP contribution is -2.54. The van der Waals surface area contributed by atoms with Gasteiger partial charge in [0.2, 0.25) is 0 Å². The summed E-state index contributed by atoms with van der Waals surface area (Å²) in [6.45, 7) is 2.81. The highest BCUT2D eigenvalue weighted by atomic mass is 35.5. The van der Waals surface area contributed by atoms with Gasteiger partial charge in [0.1, 0.15) is 0 Å². The number of nitrogens with one attached hydrogen (secondary N) is 1. The predicted molar refractivity (Wildman–Crippen MR) is 111 cm³/mol. The molecule has 2 aliphatic rings. The van der Waals surface area contributed by atoms with E-state index in [0.29, 0.717) is 17.1 Å². The Kier molecular flexibility index (Phi) is 5.77. The van der Waals surface area contributed by atoms with Gasteiger partial charge >= 0.3 is 0 Å². The van der Waals surface area contributed by atoms with Crippen LogP contribution in [0.1, 0.15) is 42.7 Å². The van der Waals surface area contributed by atoms with Gasteiger partial charge in [0.05, 0.1) is 11.8 Å². The Morgan fingerprint density at radius 2 is 1.52 bits per heavy atom. The molecular formula is C22H26Cl2N2O. The van der Waals surface area contributed by atoms with Crippen LogP contribution in [0.15, 0.2) is 48.5 Å². The molecule has 144 valence electrons. The first-order valence-electron chi connectivity index (χ1n) is 9.75. The lowest BCUT2D eigenvalue weighted by molar-refractivity contribution is -0.0430. The Morgan fingerprint density at radius 3 is 2.15 bits per heavy atom. The molecule has 3 nitrogen and oxygen atoms in total. The zero-order chi connectivity index (χ0) is 18.9. The highest BCUT2D eigenvalue weighted by Crippen LogP contribution is 2.36. The number of likely N-dealkylation sites (tertiary alicyclic amines) is 1. The minimum atomic E-state index is -0.745. The smallest absolute Gasteiger partial charge is 0.0921 e. The molecule has 2 saturated heterocycles. The average Bonchev–Trinajstić information content (AvgIpc) is 2.70. The summed E-state index contributed by atoms with van der Waals surface area (Å²) in [5, 5.41) is 16.3. The Bertz CT molecular complexity index is 755. The van der Waals surface area contributed by atoms with Crippen LogP contribution in [0.2, 0.25) is 10.0 Å². The number of hydrogen-bond donors (Lipinski definition) is 2. The summed E-state index contributed by atoms with van der Waals surface area (Å²) in [6.07, 6.45) is 4.12. The molecule has 2 aromatic carbocycles. The predicted octanol–water partition coefficient (Wildman–Crippen LogP) is 4.77. The van der Waals surface area contributed by atoms with Crippen molar-refractivity contribution in [2.75, 3.05) is 19.6 Å². The number of benzene rings is 2. The third kappa shape index (κ3) is 4.33. The van der Waals surface area contributed by atoms with Crippen molar-refractivity contribution in [3.05, 3.63) is 69.7 Å². The molecule has 0 radical (unpaired) electrons. The van der Waals surface area contributed by atoms with Crippen molar-refractivity contribution in [3.8, 4) is 0 Å². The molecule has 0 saturated carbocycles. The third-order valence-corrected chi connectivity index (χ3v) is 6.67. The molecule has 5 heteroatoms. The first-order valence-corrected chi connectivity index (χ1v) is 10.5. The van der Waals surface area contributed by atoms with Gasteiger partial charge in [-0.05, 0) is 73.5 Å². The highest BCUT2D eigenvalue weighted by Gasteiger charge is 2.37. The van der Waals surface area contributed by atoms with Crippen LogP contribution in [0.5, 0.6) is 0 Å². The summed E-state index contributed by atoms with van der Waals surface area (Å²) in [4.78, 5) is 2.49. The Hall–Kier alpha value is -1.10. The van der Waals surface area contributed by atoms with Crippen molar-refractivity contribution >= 4 is 23.2 Å². The molecule has 2 aliphatic heterocycles. The minimum absolute atomic E-state index is 0.370. The molecule has 0 spiro atoms. The van der Waals surface area contributed by atoms with Gasteiger partial charge in [-0.3, -0.25) is 4.90 Å². The van der Waals surface area contributed by atoms with Gasteiger partial charge in [-0.15, -0.1) is 0 Å². The fourth-order valence-corrected chi connectivity index (χ4v) is 4.72. The number of hydrogen-bond acceptors (Lipinski definition) is 3. The summed E-state index contributed by atoms with van der Waals surface area (Å²) in [6, 6.07) is 15.9. The monoisotopic (exact) mass is 404 g/mol. The largest absolute Gasteiger partial charge is 0.385 e. The summed E-state index contributed by atoms with van der Waals surface area (Å²) in [5.74, 6) is 0.561. The van der Waals surface area contributed by atoms with Gasteiger partial charge in [0, 0.05) is 23.1 Å². The highest BCUT2D eigenvalue weighted by molar-refractivity contribution is 6.30. The molecule has 2 aromatic rings. The van der Waals surface area contributed by atoms with Gasteiger partial charge < -0.3 is 10.4 Å². The van der Waals surface area contributed by atoms with Crippen molar-refractivity contribution < 1.29 is 5.11 Å². The van der Waals surface area contributed by atoms with Crippen LogP contribution in [-0.4, -0.2) is 35.8 Å². The van der Waals surface area contributed by atoms with Crippen LogP contribution >= 0.6 is 23.2 Å². The van der Waals surface area contributed by atoms with Gasteiger partial charge in [-0.2, -0.15) is 0 Å². The normalized spacial score (nSPS) is 26.0. The van der Waals surface area contributed by atoms with E-state index >= 15 is 0 Å². The fraction of sp³-hybridized carbons (Fsp3) is 0.455. The van der Waals surface area contributed by atoms with E-state index in [1.54, 1.807) is 0 Å². The van der Waals surface area contributed by atoms with Crippen LogP contribution < -0.4 is 5.32 Å². The maximum absolute atomic E-state index is 11.1. The van der Waals surface area contributed by atoms with E-state index in [0.717, 1.165) is 55.9 Å². The first-order chi connectivity index (χ1) is 13.0. The standard InChI is InChI=1S/C22H26Cl2N2O/c23-19-5-1-16(2-6-19)17-9-12-25-21(15-17)26-13-10-22(27,11-14-26)18-3-7-20(24)8-4-18/h1-8,17,21,25,27H,9-15H2. The second-order valence-corrected chi connectivity index (χ2v) is 8.69. The fourth-order valence-electron chi connectivity index (χ4n) is 4.47. The van der Waals surface area contributed by atoms with Gasteiger partial charge in [0.15, 0.2) is 0 Å². The van der Waals surface area contributed by atoms with Crippen molar-refractivity contribution in [2.45, 2.75) is 43.4 Å². The first kappa shape index (κ1) is 19.2. The lowest BCUT2D eigenvalue weighted by atomic mass is 9.83. The van der Waals surface area contributed by atoms with Crippen molar-refractivity contribution in [2.24, 2.45) is 0 Å². The van der Waals surface area contributed by atoms with Gasteiger partial charge in [-0.25, -0.2) is 0 Å². The molecule has 2 unspecified atom stereocenters. The SMILES string of the molecule is OC1(c2ccc(Cl)cc2)CCN(C2CC(c3ccc(Cl)cc3)CCN2)CC1. The van der Waals surface area contributed by atoms with Crippen LogP contribution in [0, 0.1) is 0 Å². The number of piperidine rings is 2. The summed E-state index contributed by atoms with van der Waals surface area (Å²) in [7, 11) is 0. The number of rotatable bonds is 3. The minimum Gasteiger partial charge on any atom is -0.385 e. The average molecular weight is 405 g/mol. The molecule has 2 N–H and O–H groups in total. The van der Waals surface area contributed by atoms with E-state index in [4.69, 9.17) is 23.2 Å². The van der Waals surface area contributed by atoms with Crippen molar-refractivity contribution in [3.63, 3.8) is 0 Å². The van der Waals surface area contributed by atoms with Gasteiger partial charge in [-0.1, -0.05) is 47.5 Å². The molecule has 27 heavy (non-hydrogen) atoms. The van der Waals surface area contributed by atoms with E-state index in [1.165, 1.54) is 5.56 Å². The van der Waals surface area contributed by atoms with E-state index in [2.05, 4.69) is 22.3 Å². The molecule has 2 atom stereocenters. The van der Waals surface area contributed by atoms with E-state index in [-0.39, 0.29) is 0 Å². The Balaban J connectivity index is 1.39. The quantitative estimate of drug-likeness (QED) is 0.772. The third-order valence-electron chi connectivity index (χ3n) is 6.17. The lowest BCUT2D eigenvalue weighted by Gasteiger charge is -2.44. The second-order valence-electron chi connectivity index (χ2n) is 7.82. The second kappa shape index (κ2) is 8.10. The molecule has 2 heterocycles. The maximum atomic E-state index is 11.1. The molecule has 0 amide bonds. The van der Waals surface area contributed by atoms with Gasteiger partial charge in [0.25, 0.3) is 0 Å². The van der Waals surface area contributed by atoms with E-state index in [9.17, 15) is 5.11 Å². The zero-order valence-corrected chi connectivity index (χ0v) is 16.9. The molecule has 0 bridgehead atoms. The van der Waals surface area contributed by atoms with E-state index in [1.807, 2.05) is 36.4 Å². The number of nitrogens with zero attached hydrogens (tertiary/aromatic N) is 1. The van der Waals surface area contributed by atoms with Crippen LogP contribution in [0.25, 0.3) is 0 Å². The van der Waals surface area contributed by atoms with Crippen molar-refractivity contribution in [1.82, 2.24) is 10.2 Å². The maximum Gasteiger partial charge on any atom is 0.0921 e. The van der Waals surface area contributed by atoms with E-state index < -0.39 is 5.60 Å². The number of halogens is 2. The molecule has 0 aromatic heterocycles. The summed E-state index contributed by atoms with van der Waals surface area (Å²) >= 11 is 12.0. The van der Waals surface area contributed by atoms with Crippen LogP contribution in [0.3, 0.4) is 0 Å². The topological polar surface area (TPSA) is 35.5 Å². The molecule has 4 rings (SSSR count). The Labute approximate surface area is 171 Å². The Morgan fingerprint density at radius 1 is 0.926 bits per heavy atom. The molecule has 0 aliphatic carbocycles. The molecule has 2 fully saturated rings. The zero-order valence-electron chi connectivity index (χ0n) is 15.4. The summed E-state index contributed by atoms with van der Waals surface area (Å²) in [5.41, 5.74) is 1.61. The number of aliphatic hydroxyl groups is 1. The van der Waals surface area contributed by atoms with Crippen LogP contribution in [0.4, 0.5) is 0 Å². The molecular weight excluding hydrogens is 379 g/mol.